The van der Waals surface area contributed by atoms with E-state index in [2.05, 4.69) is 130 Å². The molecular formula is C61H100O6. The first-order chi connectivity index (χ1) is 33.0. The van der Waals surface area contributed by atoms with E-state index in [0.29, 0.717) is 12.8 Å². The number of ether oxygens (including phenoxy) is 3. The molecule has 0 amide bonds. The molecule has 0 heterocycles. The second-order valence-corrected chi connectivity index (χ2v) is 17.7. The first-order valence-electron chi connectivity index (χ1n) is 27.4. The quantitative estimate of drug-likeness (QED) is 0.0262. The lowest BCUT2D eigenvalue weighted by Gasteiger charge is -2.18. The van der Waals surface area contributed by atoms with E-state index in [4.69, 9.17) is 14.2 Å². The Kier molecular flexibility index (Phi) is 51.5. The fourth-order valence-electron chi connectivity index (χ4n) is 7.13. The monoisotopic (exact) mass is 929 g/mol. The number of rotatable bonds is 48. The summed E-state index contributed by atoms with van der Waals surface area (Å²) >= 11 is 0. The van der Waals surface area contributed by atoms with Crippen molar-refractivity contribution in [1.82, 2.24) is 0 Å². The van der Waals surface area contributed by atoms with Gasteiger partial charge in [-0.3, -0.25) is 14.4 Å². The van der Waals surface area contributed by atoms with E-state index >= 15 is 0 Å². The van der Waals surface area contributed by atoms with Crippen LogP contribution in [0.25, 0.3) is 0 Å². The maximum Gasteiger partial charge on any atom is 0.306 e. The second kappa shape index (κ2) is 54.7. The van der Waals surface area contributed by atoms with E-state index in [0.717, 1.165) is 103 Å². The van der Waals surface area contributed by atoms with E-state index in [1.54, 1.807) is 0 Å². The zero-order valence-electron chi connectivity index (χ0n) is 43.4. The lowest BCUT2D eigenvalue weighted by atomic mass is 10.1. The molecule has 0 aliphatic carbocycles. The van der Waals surface area contributed by atoms with Crippen molar-refractivity contribution < 1.29 is 28.6 Å². The van der Waals surface area contributed by atoms with Crippen LogP contribution in [0.3, 0.4) is 0 Å². The smallest absolute Gasteiger partial charge is 0.306 e. The first-order valence-corrected chi connectivity index (χ1v) is 27.4. The standard InChI is InChI=1S/C61H100O6/c1-4-7-10-13-16-19-22-25-28-30-33-36-39-42-45-48-51-54-60(63)66-57-58(56-65-59(62)53-50-47-44-41-38-35-32-27-24-21-18-15-12-9-6-3)67-61(64)55-52-49-46-43-40-37-34-31-29-26-23-20-17-14-11-8-5-2/h8,11,16-17,19-21,24-26,28-29,33-34,36-37,42,45,58H,4-7,9-10,12-15,18,22-23,27,30-32,35,38-41,43-44,46-57H2,1-3H3/b11-8-,19-16-,20-17-,24-21-,28-25-,29-26-,36-33-,37-34-,45-42-/t58-/m0/s1. The molecule has 6 nitrogen and oxygen atoms in total. The van der Waals surface area contributed by atoms with Crippen LogP contribution in [0, 0.1) is 0 Å². The number of hydrogen-bond donors (Lipinski definition) is 0. The van der Waals surface area contributed by atoms with Gasteiger partial charge in [-0.05, 0) is 122 Å². The third-order valence-corrected chi connectivity index (χ3v) is 11.2. The molecule has 1 atom stereocenters. The van der Waals surface area contributed by atoms with Crippen LogP contribution in [-0.4, -0.2) is 37.2 Å². The Bertz CT molecular complexity index is 1390. The predicted octanol–water partition coefficient (Wildman–Crippen LogP) is 18.3. The zero-order valence-corrected chi connectivity index (χ0v) is 43.4. The summed E-state index contributed by atoms with van der Waals surface area (Å²) in [7, 11) is 0. The Morgan fingerprint density at radius 2 is 0.597 bits per heavy atom. The van der Waals surface area contributed by atoms with Gasteiger partial charge in [0.25, 0.3) is 0 Å². The van der Waals surface area contributed by atoms with Crippen LogP contribution in [0.15, 0.2) is 109 Å². The highest BCUT2D eigenvalue weighted by Crippen LogP contribution is 2.13. The van der Waals surface area contributed by atoms with Crippen LogP contribution in [-0.2, 0) is 28.6 Å². The van der Waals surface area contributed by atoms with Crippen molar-refractivity contribution >= 4 is 17.9 Å². The summed E-state index contributed by atoms with van der Waals surface area (Å²) in [5.41, 5.74) is 0. The van der Waals surface area contributed by atoms with Crippen LogP contribution >= 0.6 is 0 Å². The van der Waals surface area contributed by atoms with Crippen molar-refractivity contribution in [2.75, 3.05) is 13.2 Å². The topological polar surface area (TPSA) is 78.9 Å². The lowest BCUT2D eigenvalue weighted by Crippen LogP contribution is -2.30. The normalized spacial score (nSPS) is 12.9. The minimum absolute atomic E-state index is 0.109. The molecule has 0 spiro atoms. The Labute approximate surface area is 412 Å². The molecule has 0 aliphatic heterocycles. The summed E-state index contributed by atoms with van der Waals surface area (Å²) in [6.07, 6.45) is 73.6. The summed E-state index contributed by atoms with van der Waals surface area (Å²) in [5, 5.41) is 0. The average molecular weight is 929 g/mol. The summed E-state index contributed by atoms with van der Waals surface area (Å²) in [4.78, 5) is 38.1. The third kappa shape index (κ3) is 52.9. The predicted molar refractivity (Wildman–Crippen MR) is 288 cm³/mol. The van der Waals surface area contributed by atoms with E-state index in [-0.39, 0.29) is 44.0 Å². The summed E-state index contributed by atoms with van der Waals surface area (Å²) < 4.78 is 16.8. The molecule has 0 aliphatic rings. The zero-order chi connectivity index (χ0) is 48.6. The molecule has 0 saturated heterocycles. The van der Waals surface area contributed by atoms with E-state index in [9.17, 15) is 14.4 Å². The molecule has 0 N–H and O–H groups in total. The number of esters is 3. The van der Waals surface area contributed by atoms with E-state index < -0.39 is 6.10 Å². The Hall–Kier alpha value is -3.93. The van der Waals surface area contributed by atoms with Gasteiger partial charge >= 0.3 is 17.9 Å². The van der Waals surface area contributed by atoms with Gasteiger partial charge in [0, 0.05) is 19.3 Å². The van der Waals surface area contributed by atoms with Gasteiger partial charge in [0.1, 0.15) is 13.2 Å². The van der Waals surface area contributed by atoms with Crippen LogP contribution in [0.2, 0.25) is 0 Å². The average Bonchev–Trinajstić information content (AvgIpc) is 3.33. The maximum atomic E-state index is 12.8. The molecule has 0 rings (SSSR count). The largest absolute Gasteiger partial charge is 0.462 e. The highest BCUT2D eigenvalue weighted by molar-refractivity contribution is 5.71. The molecule has 0 bridgehead atoms. The van der Waals surface area contributed by atoms with Gasteiger partial charge in [0.15, 0.2) is 6.10 Å². The van der Waals surface area contributed by atoms with Crippen LogP contribution in [0.4, 0.5) is 0 Å². The van der Waals surface area contributed by atoms with Crippen molar-refractivity contribution in [3.05, 3.63) is 109 Å². The molecule has 0 radical (unpaired) electrons. The molecular weight excluding hydrogens is 829 g/mol. The van der Waals surface area contributed by atoms with Crippen LogP contribution < -0.4 is 0 Å². The minimum Gasteiger partial charge on any atom is -0.462 e. The fraction of sp³-hybridized carbons (Fsp3) is 0.656. The Balaban J connectivity index is 4.54. The molecule has 0 aromatic rings. The van der Waals surface area contributed by atoms with Gasteiger partial charge in [0.2, 0.25) is 0 Å². The molecule has 380 valence electrons. The third-order valence-electron chi connectivity index (χ3n) is 11.2. The van der Waals surface area contributed by atoms with Crippen molar-refractivity contribution in [2.24, 2.45) is 0 Å². The molecule has 0 aromatic carbocycles. The molecule has 0 aromatic heterocycles. The highest BCUT2D eigenvalue weighted by Gasteiger charge is 2.19. The van der Waals surface area contributed by atoms with Crippen LogP contribution in [0.5, 0.6) is 0 Å². The number of carbonyl (C=O) groups excluding carboxylic acids is 3. The maximum absolute atomic E-state index is 12.8. The van der Waals surface area contributed by atoms with Crippen molar-refractivity contribution in [1.29, 1.82) is 0 Å². The summed E-state index contributed by atoms with van der Waals surface area (Å²) in [6, 6.07) is 0. The van der Waals surface area contributed by atoms with Gasteiger partial charge in [-0.1, -0.05) is 207 Å². The summed E-state index contributed by atoms with van der Waals surface area (Å²) in [6.45, 7) is 6.41. The van der Waals surface area contributed by atoms with Crippen molar-refractivity contribution in [3.63, 3.8) is 0 Å². The number of allylic oxidation sites excluding steroid dienone is 18. The second-order valence-electron chi connectivity index (χ2n) is 17.7. The van der Waals surface area contributed by atoms with E-state index in [1.807, 2.05) is 0 Å². The van der Waals surface area contributed by atoms with Gasteiger partial charge < -0.3 is 14.2 Å². The SMILES string of the molecule is CC/C=C\C/C=C\C/C=C\C/C=C\CCCCCCC(=O)O[C@H](COC(=O)CCC/C=C\C/C=C\C/C=C\C/C=C\CCCCC)COC(=O)CCCCCCCCC/C=C\CCCCCC. The first kappa shape index (κ1) is 63.1. The molecule has 0 saturated carbocycles. The molecule has 67 heavy (non-hydrogen) atoms. The lowest BCUT2D eigenvalue weighted by molar-refractivity contribution is -0.167. The van der Waals surface area contributed by atoms with Crippen molar-refractivity contribution in [3.8, 4) is 0 Å². The number of hydrogen-bond acceptors (Lipinski definition) is 6. The summed E-state index contributed by atoms with van der Waals surface area (Å²) in [5.74, 6) is -0.998. The molecule has 6 heteroatoms. The molecule has 0 unspecified atom stereocenters. The van der Waals surface area contributed by atoms with Gasteiger partial charge in [-0.25, -0.2) is 0 Å². The number of unbranched alkanes of at least 4 members (excludes halogenated alkanes) is 19. The van der Waals surface area contributed by atoms with E-state index in [1.165, 1.54) is 89.9 Å². The van der Waals surface area contributed by atoms with Gasteiger partial charge in [-0.15, -0.1) is 0 Å². The Morgan fingerprint density at radius 1 is 0.313 bits per heavy atom. The van der Waals surface area contributed by atoms with Gasteiger partial charge in [0.05, 0.1) is 0 Å². The highest BCUT2D eigenvalue weighted by atomic mass is 16.6. The van der Waals surface area contributed by atoms with Crippen LogP contribution in [0.1, 0.15) is 239 Å². The van der Waals surface area contributed by atoms with Gasteiger partial charge in [-0.2, -0.15) is 0 Å². The minimum atomic E-state index is -0.817. The van der Waals surface area contributed by atoms with Crippen molar-refractivity contribution in [2.45, 2.75) is 245 Å². The Morgan fingerprint density at radius 3 is 1.01 bits per heavy atom. The number of carbonyl (C=O) groups is 3. The fourth-order valence-corrected chi connectivity index (χ4v) is 7.13. The molecule has 0 fully saturated rings.